The minimum absolute atomic E-state index is 0.177. The van der Waals surface area contributed by atoms with Gasteiger partial charge in [-0.1, -0.05) is 12.1 Å². The maximum Gasteiger partial charge on any atom is 0.129 e. The molecule has 0 aliphatic carbocycles. The first-order valence-corrected chi connectivity index (χ1v) is 5.27. The topological polar surface area (TPSA) is 68.4 Å². The zero-order valence-corrected chi connectivity index (χ0v) is 9.55. The summed E-state index contributed by atoms with van der Waals surface area (Å²) in [5, 5.41) is 10.0. The zero-order valence-electron chi connectivity index (χ0n) is 9.55. The highest BCUT2D eigenvalue weighted by molar-refractivity contribution is 5.69. The number of benzene rings is 1. The summed E-state index contributed by atoms with van der Waals surface area (Å²) in [6.45, 7) is 0.295. The fourth-order valence-electron chi connectivity index (χ4n) is 1.65. The van der Waals surface area contributed by atoms with Crippen LogP contribution in [-0.2, 0) is 6.54 Å². The lowest BCUT2D eigenvalue weighted by atomic mass is 10.1. The number of phenolic OH excluding ortho intramolecular Hbond substituents is 1. The number of methoxy groups -OCH3 is 1. The van der Waals surface area contributed by atoms with Crippen LogP contribution in [0.15, 0.2) is 36.5 Å². The van der Waals surface area contributed by atoms with Gasteiger partial charge in [0.1, 0.15) is 11.5 Å². The van der Waals surface area contributed by atoms with E-state index >= 15 is 0 Å². The molecule has 2 rings (SSSR count). The predicted molar refractivity (Wildman–Crippen MR) is 65.8 cm³/mol. The summed E-state index contributed by atoms with van der Waals surface area (Å²) >= 11 is 0. The lowest BCUT2D eigenvalue weighted by molar-refractivity contribution is 0.414. The lowest BCUT2D eigenvalue weighted by Crippen LogP contribution is -1.97. The number of aromatic nitrogens is 1. The second kappa shape index (κ2) is 4.84. The SMILES string of the molecule is COc1ccnc(-c2cccc(CN)c2O)c1. The van der Waals surface area contributed by atoms with Crippen molar-refractivity contribution in [3.63, 3.8) is 0 Å². The fraction of sp³-hybridized carbons (Fsp3) is 0.154. The third kappa shape index (κ3) is 2.21. The molecule has 1 heterocycles. The number of pyridine rings is 1. The predicted octanol–water partition coefficient (Wildman–Crippen LogP) is 1.92. The van der Waals surface area contributed by atoms with Gasteiger partial charge in [-0.2, -0.15) is 0 Å². The molecule has 0 aliphatic rings. The van der Waals surface area contributed by atoms with Crippen LogP contribution in [0.25, 0.3) is 11.3 Å². The molecule has 0 amide bonds. The molecule has 0 saturated heterocycles. The molecule has 0 unspecified atom stereocenters. The molecule has 1 aromatic carbocycles. The largest absolute Gasteiger partial charge is 0.507 e. The fourth-order valence-corrected chi connectivity index (χ4v) is 1.65. The Morgan fingerprint density at radius 1 is 1.35 bits per heavy atom. The van der Waals surface area contributed by atoms with Crippen molar-refractivity contribution >= 4 is 0 Å². The Morgan fingerprint density at radius 3 is 2.88 bits per heavy atom. The summed E-state index contributed by atoms with van der Waals surface area (Å²) in [7, 11) is 1.59. The molecule has 0 saturated carbocycles. The van der Waals surface area contributed by atoms with Crippen molar-refractivity contribution in [1.82, 2.24) is 4.98 Å². The van der Waals surface area contributed by atoms with Gasteiger partial charge in [0.15, 0.2) is 0 Å². The average molecular weight is 230 g/mol. The van der Waals surface area contributed by atoms with Crippen molar-refractivity contribution < 1.29 is 9.84 Å². The van der Waals surface area contributed by atoms with Gasteiger partial charge in [-0.15, -0.1) is 0 Å². The normalized spacial score (nSPS) is 10.2. The van der Waals surface area contributed by atoms with E-state index in [0.717, 1.165) is 0 Å². The first-order valence-electron chi connectivity index (χ1n) is 5.27. The molecule has 2 aromatic rings. The van der Waals surface area contributed by atoms with Crippen molar-refractivity contribution in [2.75, 3.05) is 7.11 Å². The minimum Gasteiger partial charge on any atom is -0.507 e. The molecule has 0 atom stereocenters. The van der Waals surface area contributed by atoms with E-state index in [1.54, 1.807) is 37.6 Å². The van der Waals surface area contributed by atoms with Crippen LogP contribution in [0.1, 0.15) is 5.56 Å². The third-order valence-corrected chi connectivity index (χ3v) is 2.58. The van der Waals surface area contributed by atoms with Gasteiger partial charge in [0, 0.05) is 29.9 Å². The Kier molecular flexibility index (Phi) is 3.25. The molecule has 88 valence electrons. The molecule has 4 heteroatoms. The van der Waals surface area contributed by atoms with E-state index in [1.165, 1.54) is 0 Å². The third-order valence-electron chi connectivity index (χ3n) is 2.58. The van der Waals surface area contributed by atoms with Crippen LogP contribution in [0.5, 0.6) is 11.5 Å². The summed E-state index contributed by atoms with van der Waals surface area (Å²) in [6.07, 6.45) is 1.64. The molecule has 1 aromatic heterocycles. The molecular formula is C13H14N2O2. The number of aromatic hydroxyl groups is 1. The van der Waals surface area contributed by atoms with Gasteiger partial charge in [0.25, 0.3) is 0 Å². The Labute approximate surface area is 99.7 Å². The number of phenols is 1. The smallest absolute Gasteiger partial charge is 0.129 e. The number of hydrogen-bond donors (Lipinski definition) is 2. The number of nitrogens with zero attached hydrogens (tertiary/aromatic N) is 1. The highest BCUT2D eigenvalue weighted by Crippen LogP contribution is 2.31. The Balaban J connectivity index is 2.52. The standard InChI is InChI=1S/C13H14N2O2/c1-17-10-5-6-15-12(7-10)11-4-2-3-9(8-14)13(11)16/h2-7,16H,8,14H2,1H3. The van der Waals surface area contributed by atoms with Gasteiger partial charge in [-0.05, 0) is 12.1 Å². The van der Waals surface area contributed by atoms with E-state index in [-0.39, 0.29) is 5.75 Å². The molecule has 0 aliphatic heterocycles. The van der Waals surface area contributed by atoms with E-state index in [1.807, 2.05) is 6.07 Å². The number of ether oxygens (including phenoxy) is 1. The molecule has 0 fully saturated rings. The van der Waals surface area contributed by atoms with Gasteiger partial charge in [0.2, 0.25) is 0 Å². The summed E-state index contributed by atoms with van der Waals surface area (Å²) in [4.78, 5) is 4.21. The van der Waals surface area contributed by atoms with Crippen molar-refractivity contribution in [2.24, 2.45) is 5.73 Å². The number of nitrogens with two attached hydrogens (primary N) is 1. The highest BCUT2D eigenvalue weighted by atomic mass is 16.5. The number of hydrogen-bond acceptors (Lipinski definition) is 4. The second-order valence-electron chi connectivity index (χ2n) is 3.60. The van der Waals surface area contributed by atoms with Crippen LogP contribution in [0.3, 0.4) is 0 Å². The molecule has 0 radical (unpaired) electrons. The first kappa shape index (κ1) is 11.4. The number of rotatable bonds is 3. The zero-order chi connectivity index (χ0) is 12.3. The van der Waals surface area contributed by atoms with Crippen molar-refractivity contribution in [3.8, 4) is 22.8 Å². The van der Waals surface area contributed by atoms with Crippen LogP contribution >= 0.6 is 0 Å². The van der Waals surface area contributed by atoms with E-state index in [2.05, 4.69) is 4.98 Å². The van der Waals surface area contributed by atoms with Gasteiger partial charge in [0.05, 0.1) is 12.8 Å². The van der Waals surface area contributed by atoms with E-state index in [9.17, 15) is 5.11 Å². The Hall–Kier alpha value is -2.07. The Bertz CT molecular complexity index is 527. The van der Waals surface area contributed by atoms with E-state index in [4.69, 9.17) is 10.5 Å². The maximum atomic E-state index is 10.0. The van der Waals surface area contributed by atoms with E-state index in [0.29, 0.717) is 29.1 Å². The van der Waals surface area contributed by atoms with Crippen LogP contribution in [-0.4, -0.2) is 17.2 Å². The summed E-state index contributed by atoms with van der Waals surface area (Å²) < 4.78 is 5.13. The molecule has 17 heavy (non-hydrogen) atoms. The molecule has 0 bridgehead atoms. The van der Waals surface area contributed by atoms with Crippen LogP contribution in [0.4, 0.5) is 0 Å². The van der Waals surface area contributed by atoms with Gasteiger partial charge >= 0.3 is 0 Å². The van der Waals surface area contributed by atoms with Crippen LogP contribution in [0, 0.1) is 0 Å². The van der Waals surface area contributed by atoms with Gasteiger partial charge < -0.3 is 15.6 Å². The second-order valence-corrected chi connectivity index (χ2v) is 3.60. The summed E-state index contributed by atoms with van der Waals surface area (Å²) in [5.74, 6) is 0.878. The van der Waals surface area contributed by atoms with E-state index < -0.39 is 0 Å². The van der Waals surface area contributed by atoms with Crippen molar-refractivity contribution in [2.45, 2.75) is 6.54 Å². The van der Waals surface area contributed by atoms with Gasteiger partial charge in [-0.25, -0.2) is 0 Å². The molecular weight excluding hydrogens is 216 g/mol. The van der Waals surface area contributed by atoms with Crippen molar-refractivity contribution in [1.29, 1.82) is 0 Å². The number of para-hydroxylation sites is 1. The Morgan fingerprint density at radius 2 is 2.18 bits per heavy atom. The van der Waals surface area contributed by atoms with Crippen LogP contribution in [0.2, 0.25) is 0 Å². The summed E-state index contributed by atoms with van der Waals surface area (Å²) in [5.41, 5.74) is 7.57. The quantitative estimate of drug-likeness (QED) is 0.845. The molecule has 0 spiro atoms. The maximum absolute atomic E-state index is 10.0. The molecule has 3 N–H and O–H groups in total. The van der Waals surface area contributed by atoms with Crippen molar-refractivity contribution in [3.05, 3.63) is 42.1 Å². The first-order chi connectivity index (χ1) is 8.26. The lowest BCUT2D eigenvalue weighted by Gasteiger charge is -2.08. The summed E-state index contributed by atoms with van der Waals surface area (Å²) in [6, 6.07) is 8.97. The monoisotopic (exact) mass is 230 g/mol. The van der Waals surface area contributed by atoms with Crippen LogP contribution < -0.4 is 10.5 Å². The minimum atomic E-state index is 0.177. The average Bonchev–Trinajstić information content (AvgIpc) is 2.39. The molecule has 4 nitrogen and oxygen atoms in total. The highest BCUT2D eigenvalue weighted by Gasteiger charge is 2.09. The van der Waals surface area contributed by atoms with Gasteiger partial charge in [-0.3, -0.25) is 4.98 Å².